The molecule has 0 aromatic heterocycles. The zero-order chi connectivity index (χ0) is 13.1. The zero-order valence-corrected chi connectivity index (χ0v) is 11.7. The van der Waals surface area contributed by atoms with E-state index in [1.54, 1.807) is 0 Å². The van der Waals surface area contributed by atoms with Crippen molar-refractivity contribution in [2.45, 2.75) is 82.0 Å². The monoisotopic (exact) mass is 266 g/mol. The van der Waals surface area contributed by atoms with Crippen LogP contribution in [0.15, 0.2) is 0 Å². The fourth-order valence-corrected chi connectivity index (χ4v) is 3.80. The van der Waals surface area contributed by atoms with Gasteiger partial charge in [-0.3, -0.25) is 4.79 Å². The van der Waals surface area contributed by atoms with Gasteiger partial charge in [0.1, 0.15) is 0 Å². The van der Waals surface area contributed by atoms with Crippen LogP contribution in [-0.4, -0.2) is 36.7 Å². The highest BCUT2D eigenvalue weighted by atomic mass is 16.5. The lowest BCUT2D eigenvalue weighted by atomic mass is 9.99. The van der Waals surface area contributed by atoms with E-state index in [2.05, 4.69) is 10.6 Å². The summed E-state index contributed by atoms with van der Waals surface area (Å²) < 4.78 is 5.67. The van der Waals surface area contributed by atoms with Gasteiger partial charge in [-0.1, -0.05) is 0 Å². The van der Waals surface area contributed by atoms with E-state index >= 15 is 0 Å². The van der Waals surface area contributed by atoms with Crippen LogP contribution in [0.1, 0.15) is 57.8 Å². The Morgan fingerprint density at radius 3 is 2.63 bits per heavy atom. The molecule has 0 radical (unpaired) electrons. The van der Waals surface area contributed by atoms with E-state index in [1.165, 1.54) is 25.7 Å². The highest BCUT2D eigenvalue weighted by Crippen LogP contribution is 2.26. The molecule has 3 atom stereocenters. The fraction of sp³-hybridized carbons (Fsp3) is 0.933. The minimum Gasteiger partial charge on any atom is -0.378 e. The van der Waals surface area contributed by atoms with E-state index in [0.29, 0.717) is 30.7 Å². The second kappa shape index (κ2) is 6.23. The van der Waals surface area contributed by atoms with Crippen molar-refractivity contribution in [1.82, 2.24) is 10.6 Å². The van der Waals surface area contributed by atoms with Crippen molar-refractivity contribution in [2.75, 3.05) is 6.61 Å². The number of rotatable bonds is 4. The first-order valence-corrected chi connectivity index (χ1v) is 7.96. The number of carbonyl (C=O) groups excluding carboxylic acids is 1. The summed E-state index contributed by atoms with van der Waals surface area (Å²) in [5.74, 6) is 0.223. The summed E-state index contributed by atoms with van der Waals surface area (Å²) >= 11 is 0. The van der Waals surface area contributed by atoms with Crippen LogP contribution in [-0.2, 0) is 9.53 Å². The molecular weight excluding hydrogens is 240 g/mol. The summed E-state index contributed by atoms with van der Waals surface area (Å²) in [6, 6.07) is 1.69. The second-order valence-corrected chi connectivity index (χ2v) is 6.40. The maximum absolute atomic E-state index is 12.0. The molecule has 2 bridgehead atoms. The first kappa shape index (κ1) is 13.4. The van der Waals surface area contributed by atoms with Gasteiger partial charge in [-0.25, -0.2) is 0 Å². The average Bonchev–Trinajstić information content (AvgIpc) is 2.77. The third kappa shape index (κ3) is 3.69. The minimum atomic E-state index is 0.223. The Hall–Kier alpha value is -0.610. The lowest BCUT2D eigenvalue weighted by Crippen LogP contribution is -2.48. The highest BCUT2D eigenvalue weighted by Gasteiger charge is 2.33. The first-order chi connectivity index (χ1) is 9.29. The van der Waals surface area contributed by atoms with E-state index in [1.807, 2.05) is 0 Å². The normalized spacial score (nSPS) is 38.1. The van der Waals surface area contributed by atoms with Crippen molar-refractivity contribution in [3.63, 3.8) is 0 Å². The molecule has 4 nitrogen and oxygen atoms in total. The molecule has 108 valence electrons. The third-order valence-corrected chi connectivity index (χ3v) is 4.81. The number of fused-ring (bicyclic) bond motifs is 2. The molecule has 4 heteroatoms. The molecule has 3 aliphatic rings. The number of hydrogen-bond acceptors (Lipinski definition) is 3. The Kier molecular flexibility index (Phi) is 4.38. The van der Waals surface area contributed by atoms with Crippen LogP contribution in [0.5, 0.6) is 0 Å². The molecule has 3 saturated heterocycles. The Morgan fingerprint density at radius 1 is 1.16 bits per heavy atom. The van der Waals surface area contributed by atoms with Crippen molar-refractivity contribution in [1.29, 1.82) is 0 Å². The van der Waals surface area contributed by atoms with Crippen LogP contribution in [0.4, 0.5) is 0 Å². The maximum Gasteiger partial charge on any atom is 0.220 e. The van der Waals surface area contributed by atoms with Gasteiger partial charge in [0.25, 0.3) is 0 Å². The molecule has 3 aliphatic heterocycles. The molecule has 0 aromatic rings. The predicted molar refractivity (Wildman–Crippen MR) is 73.9 cm³/mol. The Morgan fingerprint density at radius 2 is 1.95 bits per heavy atom. The molecule has 2 N–H and O–H groups in total. The van der Waals surface area contributed by atoms with Crippen LogP contribution >= 0.6 is 0 Å². The van der Waals surface area contributed by atoms with Crippen LogP contribution in [0, 0.1) is 0 Å². The average molecular weight is 266 g/mol. The molecule has 3 heterocycles. The van der Waals surface area contributed by atoms with Gasteiger partial charge < -0.3 is 15.4 Å². The number of nitrogens with one attached hydrogen (secondary N) is 2. The molecule has 0 aromatic carbocycles. The molecule has 0 spiro atoms. The molecular formula is C15H26N2O2. The highest BCUT2D eigenvalue weighted by molar-refractivity contribution is 5.76. The lowest BCUT2D eigenvalue weighted by molar-refractivity contribution is -0.123. The standard InChI is InChI=1S/C15H26N2O2/c18-15(7-6-14-3-1-2-8-19-14)17-13-9-11-4-5-12(10-13)16-11/h11-14,16H,1-10H2,(H,17,18). The summed E-state index contributed by atoms with van der Waals surface area (Å²) in [5.41, 5.74) is 0. The van der Waals surface area contributed by atoms with E-state index in [-0.39, 0.29) is 5.91 Å². The Labute approximate surface area is 115 Å². The van der Waals surface area contributed by atoms with E-state index in [4.69, 9.17) is 4.74 Å². The van der Waals surface area contributed by atoms with Gasteiger partial charge in [-0.2, -0.15) is 0 Å². The van der Waals surface area contributed by atoms with Crippen LogP contribution in [0.3, 0.4) is 0 Å². The molecule has 3 rings (SSSR count). The summed E-state index contributed by atoms with van der Waals surface area (Å²) in [4.78, 5) is 12.0. The number of piperidine rings is 1. The quantitative estimate of drug-likeness (QED) is 0.815. The van der Waals surface area contributed by atoms with Crippen molar-refractivity contribution in [3.8, 4) is 0 Å². The summed E-state index contributed by atoms with van der Waals surface area (Å²) in [7, 11) is 0. The SMILES string of the molecule is O=C(CCC1CCCCO1)NC1CC2CCC(C1)N2. The van der Waals surface area contributed by atoms with Crippen molar-refractivity contribution < 1.29 is 9.53 Å². The third-order valence-electron chi connectivity index (χ3n) is 4.81. The van der Waals surface area contributed by atoms with E-state index in [0.717, 1.165) is 32.3 Å². The molecule has 19 heavy (non-hydrogen) atoms. The van der Waals surface area contributed by atoms with E-state index < -0.39 is 0 Å². The molecule has 0 saturated carbocycles. The molecule has 3 unspecified atom stereocenters. The Bertz CT molecular complexity index is 303. The van der Waals surface area contributed by atoms with Gasteiger partial charge in [0.05, 0.1) is 6.10 Å². The van der Waals surface area contributed by atoms with Crippen molar-refractivity contribution in [3.05, 3.63) is 0 Å². The number of amides is 1. The smallest absolute Gasteiger partial charge is 0.220 e. The van der Waals surface area contributed by atoms with Gasteiger partial charge in [0, 0.05) is 31.2 Å². The van der Waals surface area contributed by atoms with Gasteiger partial charge in [-0.05, 0) is 51.4 Å². The fourth-order valence-electron chi connectivity index (χ4n) is 3.80. The number of carbonyl (C=O) groups is 1. The van der Waals surface area contributed by atoms with Gasteiger partial charge in [-0.15, -0.1) is 0 Å². The second-order valence-electron chi connectivity index (χ2n) is 6.40. The van der Waals surface area contributed by atoms with Crippen LogP contribution < -0.4 is 10.6 Å². The number of hydrogen-bond donors (Lipinski definition) is 2. The van der Waals surface area contributed by atoms with Crippen molar-refractivity contribution >= 4 is 5.91 Å². The van der Waals surface area contributed by atoms with Crippen LogP contribution in [0.25, 0.3) is 0 Å². The molecule has 1 amide bonds. The van der Waals surface area contributed by atoms with Crippen molar-refractivity contribution in [2.24, 2.45) is 0 Å². The molecule has 0 aliphatic carbocycles. The Balaban J connectivity index is 1.36. The largest absolute Gasteiger partial charge is 0.378 e. The summed E-state index contributed by atoms with van der Waals surface area (Å²) in [6.45, 7) is 0.879. The van der Waals surface area contributed by atoms with Gasteiger partial charge in [0.2, 0.25) is 5.91 Å². The summed E-state index contributed by atoms with van der Waals surface area (Å²) in [6.07, 6.45) is 10.2. The first-order valence-electron chi connectivity index (χ1n) is 7.96. The summed E-state index contributed by atoms with van der Waals surface area (Å²) in [5, 5.41) is 6.83. The zero-order valence-electron chi connectivity index (χ0n) is 11.7. The van der Waals surface area contributed by atoms with Gasteiger partial charge >= 0.3 is 0 Å². The van der Waals surface area contributed by atoms with E-state index in [9.17, 15) is 4.79 Å². The lowest BCUT2D eigenvalue weighted by Gasteiger charge is -2.30. The van der Waals surface area contributed by atoms with Crippen LogP contribution in [0.2, 0.25) is 0 Å². The minimum absolute atomic E-state index is 0.223. The number of ether oxygens (including phenoxy) is 1. The predicted octanol–water partition coefficient (Wildman–Crippen LogP) is 1.73. The van der Waals surface area contributed by atoms with Gasteiger partial charge in [0.15, 0.2) is 0 Å². The maximum atomic E-state index is 12.0. The topological polar surface area (TPSA) is 50.4 Å². The molecule has 3 fully saturated rings.